The lowest BCUT2D eigenvalue weighted by atomic mass is 9.73. The summed E-state index contributed by atoms with van der Waals surface area (Å²) in [5.74, 6) is 0.0310. The number of carboxylic acid groups (broad SMARTS) is 1. The Hall–Kier alpha value is -0.860. The van der Waals surface area contributed by atoms with Crippen LogP contribution in [0.1, 0.15) is 43.6 Å². The third-order valence-electron chi connectivity index (χ3n) is 5.34. The number of carbonyl (C=O) groups is 1. The molecule has 2 N–H and O–H groups in total. The van der Waals surface area contributed by atoms with Crippen molar-refractivity contribution in [1.82, 2.24) is 9.96 Å². The largest absolute Gasteiger partial charge is 0.525 e. The average molecular weight is 389 g/mol. The van der Waals surface area contributed by atoms with Crippen molar-refractivity contribution in [2.75, 3.05) is 32.7 Å². The molecule has 1 aromatic heterocycles. The molecule has 1 saturated heterocycles. The molecule has 0 amide bonds. The summed E-state index contributed by atoms with van der Waals surface area (Å²) in [6.45, 7) is 3.28. The number of hydrogen-bond acceptors (Lipinski definition) is 6. The molecule has 1 saturated carbocycles. The van der Waals surface area contributed by atoms with Crippen LogP contribution in [-0.4, -0.2) is 64.7 Å². The second-order valence-corrected chi connectivity index (χ2v) is 8.53. The van der Waals surface area contributed by atoms with Gasteiger partial charge in [0.1, 0.15) is 0 Å². The number of hydroxylamine groups is 2. The van der Waals surface area contributed by atoms with E-state index in [4.69, 9.17) is 21.5 Å². The van der Waals surface area contributed by atoms with Crippen molar-refractivity contribution in [3.05, 3.63) is 21.3 Å². The number of nitrogens with zero attached hydrogens (tertiary/aromatic N) is 2. The van der Waals surface area contributed by atoms with Crippen LogP contribution in [0.15, 0.2) is 11.4 Å². The molecule has 0 spiro atoms. The predicted octanol–water partition coefficient (Wildman–Crippen LogP) is 3.41. The summed E-state index contributed by atoms with van der Waals surface area (Å²) in [7, 11) is 0. The maximum atomic E-state index is 11.3. The molecule has 1 aliphatic carbocycles. The molecule has 1 aromatic rings. The molecule has 3 rings (SSSR count). The minimum Gasteiger partial charge on any atom is -0.448 e. The van der Waals surface area contributed by atoms with Gasteiger partial charge in [0.15, 0.2) is 0 Å². The standard InChI is InChI=1S/C17H25ClN2O4S/c18-15-10-13(12-25-15)14(17(23)4-2-1-3-5-17)11-19-6-8-20(9-7-19)24-16(21)22/h10,12,14,23H,1-9,11H2,(H,21,22). The highest BCUT2D eigenvalue weighted by Crippen LogP contribution is 2.42. The van der Waals surface area contributed by atoms with Gasteiger partial charge in [0.25, 0.3) is 0 Å². The molecule has 6 nitrogen and oxygen atoms in total. The Bertz CT molecular complexity index is 583. The van der Waals surface area contributed by atoms with E-state index >= 15 is 0 Å². The molecule has 2 heterocycles. The van der Waals surface area contributed by atoms with Crippen molar-refractivity contribution in [1.29, 1.82) is 0 Å². The molecule has 0 aromatic carbocycles. The number of piperazine rings is 1. The van der Waals surface area contributed by atoms with E-state index in [9.17, 15) is 9.90 Å². The predicted molar refractivity (Wildman–Crippen MR) is 97.2 cm³/mol. The Morgan fingerprint density at radius 3 is 2.52 bits per heavy atom. The normalized spacial score (nSPS) is 23.3. The molecule has 2 aliphatic rings. The fourth-order valence-corrected chi connectivity index (χ4v) is 4.92. The Kier molecular flexibility index (Phi) is 6.22. The molecule has 25 heavy (non-hydrogen) atoms. The van der Waals surface area contributed by atoms with Crippen LogP contribution in [0, 0.1) is 0 Å². The van der Waals surface area contributed by atoms with Gasteiger partial charge in [0.2, 0.25) is 0 Å². The summed E-state index contributed by atoms with van der Waals surface area (Å²) in [6.07, 6.45) is 3.69. The molecule has 8 heteroatoms. The minimum atomic E-state index is -1.27. The molecular formula is C17H25ClN2O4S. The van der Waals surface area contributed by atoms with E-state index in [1.54, 1.807) is 0 Å². The fourth-order valence-electron chi connectivity index (χ4n) is 3.98. The van der Waals surface area contributed by atoms with Crippen LogP contribution < -0.4 is 0 Å². The zero-order valence-electron chi connectivity index (χ0n) is 14.2. The van der Waals surface area contributed by atoms with E-state index in [2.05, 4.69) is 10.3 Å². The Balaban J connectivity index is 1.67. The first-order valence-electron chi connectivity index (χ1n) is 8.81. The lowest BCUT2D eigenvalue weighted by Gasteiger charge is -2.43. The van der Waals surface area contributed by atoms with Crippen molar-refractivity contribution in [2.45, 2.75) is 43.6 Å². The highest BCUT2D eigenvalue weighted by Gasteiger charge is 2.40. The van der Waals surface area contributed by atoms with Crippen LogP contribution in [0.3, 0.4) is 0 Å². The van der Waals surface area contributed by atoms with Gasteiger partial charge in [-0.1, -0.05) is 30.9 Å². The van der Waals surface area contributed by atoms with E-state index in [0.717, 1.165) is 55.2 Å². The highest BCUT2D eigenvalue weighted by atomic mass is 35.5. The third kappa shape index (κ3) is 4.86. The van der Waals surface area contributed by atoms with Crippen molar-refractivity contribution in [2.24, 2.45) is 0 Å². The zero-order valence-corrected chi connectivity index (χ0v) is 15.8. The van der Waals surface area contributed by atoms with Crippen LogP contribution in [-0.2, 0) is 4.84 Å². The lowest BCUT2D eigenvalue weighted by molar-refractivity contribution is -0.141. The fraction of sp³-hybridized carbons (Fsp3) is 0.706. The second-order valence-electron chi connectivity index (χ2n) is 6.99. The Morgan fingerprint density at radius 2 is 1.96 bits per heavy atom. The van der Waals surface area contributed by atoms with Crippen molar-refractivity contribution in [3.63, 3.8) is 0 Å². The van der Waals surface area contributed by atoms with Crippen molar-refractivity contribution >= 4 is 29.1 Å². The van der Waals surface area contributed by atoms with Gasteiger partial charge in [-0.05, 0) is 29.9 Å². The van der Waals surface area contributed by atoms with Crippen LogP contribution in [0.5, 0.6) is 0 Å². The maximum Gasteiger partial charge on any atom is 0.525 e. The second kappa shape index (κ2) is 8.22. The summed E-state index contributed by atoms with van der Waals surface area (Å²) >= 11 is 7.65. The number of hydrogen-bond donors (Lipinski definition) is 2. The van der Waals surface area contributed by atoms with Gasteiger partial charge >= 0.3 is 6.16 Å². The minimum absolute atomic E-state index is 0.0310. The third-order valence-corrected chi connectivity index (χ3v) is 6.45. The Morgan fingerprint density at radius 1 is 1.28 bits per heavy atom. The van der Waals surface area contributed by atoms with Crippen molar-refractivity contribution < 1.29 is 19.8 Å². The Labute approximate surface area is 156 Å². The maximum absolute atomic E-state index is 11.3. The van der Waals surface area contributed by atoms with Gasteiger partial charge in [-0.2, -0.15) is 0 Å². The first kappa shape index (κ1) is 18.9. The van der Waals surface area contributed by atoms with Crippen LogP contribution >= 0.6 is 22.9 Å². The lowest BCUT2D eigenvalue weighted by Crippen LogP contribution is -2.51. The van der Waals surface area contributed by atoms with E-state index in [0.29, 0.717) is 13.1 Å². The molecular weight excluding hydrogens is 364 g/mol. The van der Waals surface area contributed by atoms with E-state index < -0.39 is 11.8 Å². The van der Waals surface area contributed by atoms with Crippen molar-refractivity contribution in [3.8, 4) is 0 Å². The van der Waals surface area contributed by atoms with Crippen LogP contribution in [0.25, 0.3) is 0 Å². The number of rotatable bonds is 5. The molecule has 1 unspecified atom stereocenters. The quantitative estimate of drug-likeness (QED) is 0.805. The zero-order chi connectivity index (χ0) is 17.9. The van der Waals surface area contributed by atoms with E-state index in [-0.39, 0.29) is 5.92 Å². The molecule has 140 valence electrons. The van der Waals surface area contributed by atoms with Gasteiger partial charge in [-0.3, -0.25) is 4.90 Å². The average Bonchev–Trinajstić information content (AvgIpc) is 3.00. The SMILES string of the molecule is O=C(O)ON1CCN(CC(c2csc(Cl)c2)C2(O)CCCCC2)CC1. The number of aliphatic hydroxyl groups is 1. The number of halogens is 1. The summed E-state index contributed by atoms with van der Waals surface area (Å²) in [5, 5.41) is 23.6. The smallest absolute Gasteiger partial charge is 0.448 e. The molecule has 1 aliphatic heterocycles. The van der Waals surface area contributed by atoms with Crippen LogP contribution in [0.4, 0.5) is 4.79 Å². The van der Waals surface area contributed by atoms with Gasteiger partial charge < -0.3 is 15.1 Å². The topological polar surface area (TPSA) is 73.2 Å². The summed E-state index contributed by atoms with van der Waals surface area (Å²) in [6, 6.07) is 1.98. The van der Waals surface area contributed by atoms with E-state index in [1.165, 1.54) is 22.8 Å². The van der Waals surface area contributed by atoms with Gasteiger partial charge in [0, 0.05) is 38.6 Å². The molecule has 2 fully saturated rings. The summed E-state index contributed by atoms with van der Waals surface area (Å²) in [5.41, 5.74) is 0.431. The van der Waals surface area contributed by atoms with Gasteiger partial charge in [0.05, 0.1) is 9.94 Å². The monoisotopic (exact) mass is 388 g/mol. The molecule has 0 bridgehead atoms. The van der Waals surface area contributed by atoms with Crippen LogP contribution in [0.2, 0.25) is 4.34 Å². The summed E-state index contributed by atoms with van der Waals surface area (Å²) < 4.78 is 0.749. The number of thiophene rings is 1. The van der Waals surface area contributed by atoms with Gasteiger partial charge in [-0.15, -0.1) is 16.4 Å². The van der Waals surface area contributed by atoms with Gasteiger partial charge in [-0.25, -0.2) is 4.79 Å². The van der Waals surface area contributed by atoms with E-state index in [1.807, 2.05) is 6.07 Å². The molecule has 0 radical (unpaired) electrons. The summed E-state index contributed by atoms with van der Waals surface area (Å²) in [4.78, 5) is 17.6. The molecule has 1 atom stereocenters. The first-order valence-corrected chi connectivity index (χ1v) is 10.1. The highest BCUT2D eigenvalue weighted by molar-refractivity contribution is 7.14. The first-order chi connectivity index (χ1) is 12.0.